The lowest BCUT2D eigenvalue weighted by Crippen LogP contribution is -2.25. The predicted octanol–water partition coefficient (Wildman–Crippen LogP) is 4.79. The lowest BCUT2D eigenvalue weighted by molar-refractivity contribution is -0.137. The number of halogens is 4. The summed E-state index contributed by atoms with van der Waals surface area (Å²) >= 11 is 7.90. The number of fused-ring (bicyclic) bond motifs is 1. The van der Waals surface area contributed by atoms with Gasteiger partial charge in [0.15, 0.2) is 5.16 Å². The predicted molar refractivity (Wildman–Crippen MR) is 105 cm³/mol. The number of aromatic nitrogens is 2. The maximum Gasteiger partial charge on any atom is 0.417 e. The quantitative estimate of drug-likeness (QED) is 0.461. The molecule has 0 saturated heterocycles. The molecular weight excluding hydrogens is 435 g/mol. The number of rotatable bonds is 4. The van der Waals surface area contributed by atoms with Crippen molar-refractivity contribution < 1.29 is 18.0 Å². The van der Waals surface area contributed by atoms with Gasteiger partial charge in [-0.1, -0.05) is 23.4 Å². The van der Waals surface area contributed by atoms with Crippen LogP contribution < -0.4 is 10.9 Å². The average molecular weight is 448 g/mol. The van der Waals surface area contributed by atoms with Gasteiger partial charge in [0.05, 0.1) is 21.4 Å². The second kappa shape index (κ2) is 7.76. The van der Waals surface area contributed by atoms with Crippen molar-refractivity contribution in [2.45, 2.75) is 23.5 Å². The third-order valence-electron chi connectivity index (χ3n) is 3.84. The number of nitrogens with one attached hydrogen (secondary N) is 1. The van der Waals surface area contributed by atoms with Gasteiger partial charge in [-0.05, 0) is 36.6 Å². The highest BCUT2D eigenvalue weighted by Gasteiger charge is 2.33. The van der Waals surface area contributed by atoms with E-state index in [0.29, 0.717) is 15.4 Å². The molecular formula is C17H13ClF3N3O2S2. The Kier molecular flexibility index (Phi) is 5.74. The second-order valence-corrected chi connectivity index (χ2v) is 8.47. The highest BCUT2D eigenvalue weighted by atomic mass is 35.5. The Balaban J connectivity index is 1.79. The molecule has 148 valence electrons. The molecule has 0 fully saturated rings. The largest absolute Gasteiger partial charge is 0.417 e. The summed E-state index contributed by atoms with van der Waals surface area (Å²) in [6.45, 7) is 1.57. The van der Waals surface area contributed by atoms with Gasteiger partial charge in [-0.25, -0.2) is 4.98 Å². The van der Waals surface area contributed by atoms with Gasteiger partial charge >= 0.3 is 6.18 Å². The summed E-state index contributed by atoms with van der Waals surface area (Å²) in [5.41, 5.74) is -0.734. The van der Waals surface area contributed by atoms with Crippen LogP contribution in [0.25, 0.3) is 10.2 Å². The van der Waals surface area contributed by atoms with E-state index in [0.717, 1.165) is 23.9 Å². The molecule has 1 N–H and O–H groups in total. The number of anilines is 1. The summed E-state index contributed by atoms with van der Waals surface area (Å²) in [6, 6.07) is 4.86. The zero-order valence-electron chi connectivity index (χ0n) is 14.5. The third-order valence-corrected chi connectivity index (χ3v) is 6.20. The van der Waals surface area contributed by atoms with E-state index in [1.54, 1.807) is 25.4 Å². The summed E-state index contributed by atoms with van der Waals surface area (Å²) in [7, 11) is 1.55. The first-order chi connectivity index (χ1) is 13.1. The summed E-state index contributed by atoms with van der Waals surface area (Å²) < 4.78 is 40.7. The zero-order valence-corrected chi connectivity index (χ0v) is 16.9. The monoisotopic (exact) mass is 447 g/mol. The number of thiophene rings is 1. The van der Waals surface area contributed by atoms with Crippen molar-refractivity contribution in [1.82, 2.24) is 9.55 Å². The minimum absolute atomic E-state index is 0.0238. The lowest BCUT2D eigenvalue weighted by Gasteiger charge is -2.15. The summed E-state index contributed by atoms with van der Waals surface area (Å²) in [5.74, 6) is -0.528. The van der Waals surface area contributed by atoms with Gasteiger partial charge in [-0.2, -0.15) is 13.2 Å². The van der Waals surface area contributed by atoms with E-state index in [9.17, 15) is 22.8 Å². The first-order valence-electron chi connectivity index (χ1n) is 7.86. The van der Waals surface area contributed by atoms with Crippen LogP contribution in [-0.2, 0) is 18.0 Å². The van der Waals surface area contributed by atoms with Crippen molar-refractivity contribution >= 4 is 56.5 Å². The van der Waals surface area contributed by atoms with E-state index in [1.807, 2.05) is 0 Å². The van der Waals surface area contributed by atoms with Crippen LogP contribution in [0.2, 0.25) is 5.02 Å². The van der Waals surface area contributed by atoms with Crippen LogP contribution in [-0.4, -0.2) is 20.7 Å². The number of carbonyl (C=O) groups excluding carboxylic acids is 1. The Morgan fingerprint density at radius 1 is 1.36 bits per heavy atom. The molecule has 0 spiro atoms. The van der Waals surface area contributed by atoms with Gasteiger partial charge in [-0.3, -0.25) is 14.2 Å². The fourth-order valence-corrected chi connectivity index (χ4v) is 4.25. The molecule has 0 radical (unpaired) electrons. The molecule has 1 amide bonds. The molecule has 2 heterocycles. The van der Waals surface area contributed by atoms with Gasteiger partial charge in [0.25, 0.3) is 5.56 Å². The Hall–Kier alpha value is -2.04. The molecule has 3 rings (SSSR count). The van der Waals surface area contributed by atoms with E-state index in [-0.39, 0.29) is 11.2 Å². The molecule has 0 unspecified atom stereocenters. The van der Waals surface area contributed by atoms with Gasteiger partial charge in [0, 0.05) is 12.7 Å². The summed E-state index contributed by atoms with van der Waals surface area (Å²) in [4.78, 5) is 29.1. The first-order valence-corrected chi connectivity index (χ1v) is 10.00. The van der Waals surface area contributed by atoms with E-state index < -0.39 is 27.9 Å². The fourth-order valence-electron chi connectivity index (χ4n) is 2.35. The molecule has 0 saturated carbocycles. The Morgan fingerprint density at radius 3 is 2.75 bits per heavy atom. The maximum absolute atomic E-state index is 13.0. The van der Waals surface area contributed by atoms with Crippen LogP contribution in [0.3, 0.4) is 0 Å². The smallest absolute Gasteiger partial charge is 0.325 e. The minimum Gasteiger partial charge on any atom is -0.325 e. The van der Waals surface area contributed by atoms with Gasteiger partial charge in [-0.15, -0.1) is 11.3 Å². The summed E-state index contributed by atoms with van der Waals surface area (Å²) in [5, 5.41) is 3.37. The van der Waals surface area contributed by atoms with E-state index in [4.69, 9.17) is 11.6 Å². The number of hydrogen-bond acceptors (Lipinski definition) is 5. The highest BCUT2D eigenvalue weighted by molar-refractivity contribution is 8.00. The van der Waals surface area contributed by atoms with E-state index >= 15 is 0 Å². The van der Waals surface area contributed by atoms with Gasteiger partial charge in [0.1, 0.15) is 4.70 Å². The van der Waals surface area contributed by atoms with Crippen LogP contribution in [0.1, 0.15) is 12.5 Å². The number of thioether (sulfide) groups is 1. The fraction of sp³-hybridized carbons (Fsp3) is 0.235. The van der Waals surface area contributed by atoms with Crippen molar-refractivity contribution in [2.75, 3.05) is 5.32 Å². The molecule has 1 aromatic carbocycles. The SMILES string of the molecule is C[C@@H](Sc1nc2ccsc2c(=O)n1C)C(=O)Nc1ccc(Cl)c(C(F)(F)F)c1. The summed E-state index contributed by atoms with van der Waals surface area (Å²) in [6.07, 6.45) is -4.63. The van der Waals surface area contributed by atoms with Gasteiger partial charge < -0.3 is 5.32 Å². The zero-order chi connectivity index (χ0) is 20.6. The first kappa shape index (κ1) is 20.7. The Labute approximate surface area is 170 Å². The number of benzene rings is 1. The topological polar surface area (TPSA) is 64.0 Å². The van der Waals surface area contributed by atoms with Crippen molar-refractivity contribution in [1.29, 1.82) is 0 Å². The van der Waals surface area contributed by atoms with Crippen LogP contribution in [0.4, 0.5) is 18.9 Å². The van der Waals surface area contributed by atoms with Crippen molar-refractivity contribution in [3.63, 3.8) is 0 Å². The van der Waals surface area contributed by atoms with Crippen LogP contribution in [0.5, 0.6) is 0 Å². The molecule has 0 aliphatic rings. The van der Waals surface area contributed by atoms with Crippen molar-refractivity contribution in [3.8, 4) is 0 Å². The lowest BCUT2D eigenvalue weighted by atomic mass is 10.2. The molecule has 5 nitrogen and oxygen atoms in total. The number of carbonyl (C=O) groups is 1. The van der Waals surface area contributed by atoms with Crippen LogP contribution >= 0.6 is 34.7 Å². The average Bonchev–Trinajstić information content (AvgIpc) is 3.08. The third kappa shape index (κ3) is 4.18. The number of amides is 1. The van der Waals surface area contributed by atoms with Crippen molar-refractivity contribution in [2.24, 2.45) is 7.05 Å². The molecule has 1 atom stereocenters. The maximum atomic E-state index is 13.0. The molecule has 11 heteroatoms. The van der Waals surface area contributed by atoms with Crippen LogP contribution in [0.15, 0.2) is 39.6 Å². The standard InChI is InChI=1S/C17H13ClF3N3O2S2/c1-8(28-16-23-12-5-6-27-13(12)15(26)24(16)2)14(25)22-9-3-4-11(18)10(7-9)17(19,20)21/h3-8H,1-2H3,(H,22,25)/t8-/m1/s1. The molecule has 0 bridgehead atoms. The highest BCUT2D eigenvalue weighted by Crippen LogP contribution is 2.36. The minimum atomic E-state index is -4.63. The molecule has 0 aliphatic carbocycles. The number of nitrogens with zero attached hydrogens (tertiary/aromatic N) is 2. The molecule has 2 aromatic heterocycles. The molecule has 3 aromatic rings. The number of alkyl halides is 3. The molecule has 28 heavy (non-hydrogen) atoms. The normalized spacial score (nSPS) is 12.9. The number of hydrogen-bond donors (Lipinski definition) is 1. The Morgan fingerprint density at radius 2 is 2.07 bits per heavy atom. The second-order valence-electron chi connectivity index (χ2n) is 5.84. The van der Waals surface area contributed by atoms with Crippen LogP contribution in [0, 0.1) is 0 Å². The van der Waals surface area contributed by atoms with E-state index in [2.05, 4.69) is 10.3 Å². The Bertz CT molecular complexity index is 1110. The van der Waals surface area contributed by atoms with E-state index in [1.165, 1.54) is 22.0 Å². The van der Waals surface area contributed by atoms with Crippen molar-refractivity contribution in [3.05, 3.63) is 50.6 Å². The van der Waals surface area contributed by atoms with Gasteiger partial charge in [0.2, 0.25) is 5.91 Å². The molecule has 0 aliphatic heterocycles.